The fourth-order valence-electron chi connectivity index (χ4n) is 1.97. The summed E-state index contributed by atoms with van der Waals surface area (Å²) in [5.41, 5.74) is -0.244. The van der Waals surface area contributed by atoms with Crippen LogP contribution in [0.1, 0.15) is 24.7 Å². The van der Waals surface area contributed by atoms with E-state index in [1.165, 1.54) is 18.2 Å². The van der Waals surface area contributed by atoms with Crippen molar-refractivity contribution < 1.29 is 13.2 Å². The smallest absolute Gasteiger partial charge is 0.343 e. The Morgan fingerprint density at radius 3 is 2.60 bits per heavy atom. The molecule has 0 amide bonds. The fourth-order valence-corrected chi connectivity index (χ4v) is 2.20. The summed E-state index contributed by atoms with van der Waals surface area (Å²) in [6, 6.07) is 6.89. The molecule has 0 aliphatic heterocycles. The number of hydrogen-bond donors (Lipinski definition) is 1. The van der Waals surface area contributed by atoms with Crippen molar-refractivity contribution in [1.82, 2.24) is 9.97 Å². The zero-order chi connectivity index (χ0) is 14.8. The van der Waals surface area contributed by atoms with Gasteiger partial charge in [-0.2, -0.15) is 13.2 Å². The van der Waals surface area contributed by atoms with Crippen molar-refractivity contribution in [1.29, 1.82) is 0 Å². The summed E-state index contributed by atoms with van der Waals surface area (Å²) in [4.78, 5) is 7.06. The van der Waals surface area contributed by atoms with Crippen molar-refractivity contribution in [2.75, 3.05) is 0 Å². The van der Waals surface area contributed by atoms with Crippen molar-refractivity contribution in [3.63, 3.8) is 0 Å². The lowest BCUT2D eigenvalue weighted by Crippen LogP contribution is -2.08. The molecule has 106 valence electrons. The average molecular weight is 298 g/mol. The fraction of sp³-hybridized carbons (Fsp3) is 0.286. The van der Waals surface area contributed by atoms with Crippen molar-refractivity contribution in [3.05, 3.63) is 46.4 Å². The summed E-state index contributed by atoms with van der Waals surface area (Å²) in [5.74, 6) is 0.604. The first-order valence-corrected chi connectivity index (χ1v) is 6.59. The van der Waals surface area contributed by atoms with Crippen LogP contribution in [0.4, 0.5) is 13.2 Å². The maximum absolute atomic E-state index is 13.0. The standard InChI is InChI=1S/C14H13F3N2S/c1-2-5-12-18-11(8-13(20)19-12)9-6-3-4-7-10(9)14(15,16)17/h3-4,6-8H,2,5H2,1H3,(H,18,19,20). The van der Waals surface area contributed by atoms with Crippen LogP contribution in [0.25, 0.3) is 11.3 Å². The molecule has 0 fully saturated rings. The molecule has 1 aromatic carbocycles. The minimum atomic E-state index is -4.40. The molecule has 0 saturated carbocycles. The van der Waals surface area contributed by atoms with Crippen LogP contribution in [0, 0.1) is 4.64 Å². The summed E-state index contributed by atoms with van der Waals surface area (Å²) in [6.45, 7) is 1.97. The molecule has 0 bridgehead atoms. The van der Waals surface area contributed by atoms with Crippen molar-refractivity contribution in [2.45, 2.75) is 25.9 Å². The summed E-state index contributed by atoms with van der Waals surface area (Å²) in [5, 5.41) is 0. The van der Waals surface area contributed by atoms with Gasteiger partial charge < -0.3 is 4.98 Å². The largest absolute Gasteiger partial charge is 0.417 e. The van der Waals surface area contributed by atoms with Crippen LogP contribution in [-0.2, 0) is 12.6 Å². The highest BCUT2D eigenvalue weighted by atomic mass is 32.1. The predicted octanol–water partition coefficient (Wildman–Crippen LogP) is 4.78. The second-order valence-electron chi connectivity index (χ2n) is 4.37. The monoisotopic (exact) mass is 298 g/mol. The van der Waals surface area contributed by atoms with Gasteiger partial charge in [-0.25, -0.2) is 4.98 Å². The van der Waals surface area contributed by atoms with Gasteiger partial charge in [-0.3, -0.25) is 0 Å². The third-order valence-electron chi connectivity index (χ3n) is 2.80. The van der Waals surface area contributed by atoms with E-state index in [9.17, 15) is 13.2 Å². The Morgan fingerprint density at radius 2 is 1.95 bits per heavy atom. The van der Waals surface area contributed by atoms with Gasteiger partial charge in [0, 0.05) is 12.0 Å². The van der Waals surface area contributed by atoms with Gasteiger partial charge >= 0.3 is 6.18 Å². The average Bonchev–Trinajstić information content (AvgIpc) is 2.37. The van der Waals surface area contributed by atoms with Gasteiger partial charge in [0.2, 0.25) is 0 Å². The molecular weight excluding hydrogens is 285 g/mol. The van der Waals surface area contributed by atoms with Crippen LogP contribution in [0.5, 0.6) is 0 Å². The highest BCUT2D eigenvalue weighted by Crippen LogP contribution is 2.36. The number of nitrogens with zero attached hydrogens (tertiary/aromatic N) is 1. The Morgan fingerprint density at radius 1 is 1.25 bits per heavy atom. The third kappa shape index (κ3) is 3.25. The molecular formula is C14H13F3N2S. The second-order valence-corrected chi connectivity index (χ2v) is 4.79. The van der Waals surface area contributed by atoms with Crippen molar-refractivity contribution >= 4 is 12.2 Å². The molecule has 2 aromatic rings. The highest BCUT2D eigenvalue weighted by molar-refractivity contribution is 7.71. The molecule has 0 unspecified atom stereocenters. The minimum absolute atomic E-state index is 0.0888. The number of aromatic amines is 1. The number of aryl methyl sites for hydroxylation is 1. The van der Waals surface area contributed by atoms with Crippen LogP contribution >= 0.6 is 12.2 Å². The first-order chi connectivity index (χ1) is 9.41. The molecule has 0 radical (unpaired) electrons. The Labute approximate surface area is 119 Å². The zero-order valence-electron chi connectivity index (χ0n) is 10.8. The van der Waals surface area contributed by atoms with Gasteiger partial charge in [-0.1, -0.05) is 37.3 Å². The number of benzene rings is 1. The van der Waals surface area contributed by atoms with E-state index in [-0.39, 0.29) is 5.56 Å². The van der Waals surface area contributed by atoms with E-state index in [2.05, 4.69) is 9.97 Å². The number of alkyl halides is 3. The molecule has 6 heteroatoms. The highest BCUT2D eigenvalue weighted by Gasteiger charge is 2.33. The lowest BCUT2D eigenvalue weighted by atomic mass is 10.0. The Balaban J connectivity index is 2.60. The number of nitrogens with one attached hydrogen (secondary N) is 1. The Bertz CT molecular complexity index is 662. The quantitative estimate of drug-likeness (QED) is 0.826. The van der Waals surface area contributed by atoms with Gasteiger partial charge in [0.15, 0.2) is 0 Å². The first kappa shape index (κ1) is 14.7. The van der Waals surface area contributed by atoms with Gasteiger partial charge in [0.1, 0.15) is 10.5 Å². The van der Waals surface area contributed by atoms with E-state index >= 15 is 0 Å². The summed E-state index contributed by atoms with van der Waals surface area (Å²) in [7, 11) is 0. The minimum Gasteiger partial charge on any atom is -0.343 e. The summed E-state index contributed by atoms with van der Waals surface area (Å²) >= 11 is 5.03. The lowest BCUT2D eigenvalue weighted by Gasteiger charge is -2.13. The third-order valence-corrected chi connectivity index (χ3v) is 3.01. The van der Waals surface area contributed by atoms with Crippen LogP contribution in [0.15, 0.2) is 30.3 Å². The number of halogens is 3. The van der Waals surface area contributed by atoms with E-state index in [1.54, 1.807) is 6.07 Å². The molecule has 0 saturated heterocycles. The van der Waals surface area contributed by atoms with Crippen LogP contribution in [-0.4, -0.2) is 9.97 Å². The topological polar surface area (TPSA) is 28.7 Å². The van der Waals surface area contributed by atoms with E-state index in [0.29, 0.717) is 22.6 Å². The summed E-state index contributed by atoms with van der Waals surface area (Å²) < 4.78 is 39.4. The molecule has 1 heterocycles. The van der Waals surface area contributed by atoms with Gasteiger partial charge in [0.05, 0.1) is 11.3 Å². The molecule has 20 heavy (non-hydrogen) atoms. The van der Waals surface area contributed by atoms with Gasteiger partial charge in [-0.05, 0) is 18.6 Å². The maximum atomic E-state index is 13.0. The van der Waals surface area contributed by atoms with E-state index in [0.717, 1.165) is 12.5 Å². The van der Waals surface area contributed by atoms with Crippen molar-refractivity contribution in [2.24, 2.45) is 0 Å². The molecule has 1 N–H and O–H groups in total. The normalized spacial score (nSPS) is 11.6. The SMILES string of the molecule is CCCc1nc(=S)cc(-c2ccccc2C(F)(F)F)[nH]1. The molecule has 0 aliphatic rings. The van der Waals surface area contributed by atoms with Crippen LogP contribution < -0.4 is 0 Å². The van der Waals surface area contributed by atoms with Gasteiger partial charge in [-0.15, -0.1) is 0 Å². The second kappa shape index (κ2) is 5.75. The maximum Gasteiger partial charge on any atom is 0.417 e. The molecule has 1 aromatic heterocycles. The van der Waals surface area contributed by atoms with Crippen LogP contribution in [0.2, 0.25) is 0 Å². The zero-order valence-corrected chi connectivity index (χ0v) is 11.6. The number of hydrogen-bond acceptors (Lipinski definition) is 2. The first-order valence-electron chi connectivity index (χ1n) is 6.18. The molecule has 2 nitrogen and oxygen atoms in total. The summed E-state index contributed by atoms with van der Waals surface area (Å²) in [6.07, 6.45) is -2.92. The van der Waals surface area contributed by atoms with E-state index in [4.69, 9.17) is 12.2 Å². The molecule has 0 spiro atoms. The van der Waals surface area contributed by atoms with Crippen molar-refractivity contribution in [3.8, 4) is 11.3 Å². The number of aromatic nitrogens is 2. The number of H-pyrrole nitrogens is 1. The lowest BCUT2D eigenvalue weighted by molar-refractivity contribution is -0.137. The van der Waals surface area contributed by atoms with Gasteiger partial charge in [0.25, 0.3) is 0 Å². The van der Waals surface area contributed by atoms with Crippen LogP contribution in [0.3, 0.4) is 0 Å². The Hall–Kier alpha value is -1.69. The molecule has 2 rings (SSSR count). The predicted molar refractivity (Wildman–Crippen MR) is 73.9 cm³/mol. The number of rotatable bonds is 3. The molecule has 0 atom stereocenters. The molecule has 0 aliphatic carbocycles. The van der Waals surface area contributed by atoms with E-state index < -0.39 is 11.7 Å². The van der Waals surface area contributed by atoms with E-state index in [1.807, 2.05) is 6.92 Å². The Kier molecular flexibility index (Phi) is 4.23.